The Hall–Kier alpha value is -0.900. The average molecular weight is 322 g/mol. The number of ether oxygens (including phenoxy) is 2. The van der Waals surface area contributed by atoms with Gasteiger partial charge >= 0.3 is 5.97 Å². The Labute approximate surface area is 139 Å². The predicted octanol–water partition coefficient (Wildman–Crippen LogP) is 3.52. The van der Waals surface area contributed by atoms with E-state index < -0.39 is 5.60 Å². The maximum absolute atomic E-state index is 12.5. The third-order valence-corrected chi connectivity index (χ3v) is 7.09. The number of Topliss-reactive ketones (excluding diaryl/α,β-unsaturated/α-hetero) is 1. The van der Waals surface area contributed by atoms with Crippen LogP contribution < -0.4 is 0 Å². The van der Waals surface area contributed by atoms with Crippen LogP contribution in [-0.2, 0) is 19.1 Å². The van der Waals surface area contributed by atoms with Gasteiger partial charge in [0.05, 0.1) is 13.2 Å². The topological polar surface area (TPSA) is 55.9 Å². The Bertz CT molecular complexity index is 525. The summed E-state index contributed by atoms with van der Waals surface area (Å²) in [6, 6.07) is 0. The maximum Gasteiger partial charge on any atom is 0.341 e. The van der Waals surface area contributed by atoms with E-state index in [0.29, 0.717) is 12.3 Å². The molecule has 3 fully saturated rings. The minimum atomic E-state index is -0.789. The number of hydrogen-bond donors (Lipinski definition) is 0. The van der Waals surface area contributed by atoms with Crippen LogP contribution in [0.15, 0.2) is 0 Å². The van der Waals surface area contributed by atoms with Gasteiger partial charge in [0.2, 0.25) is 0 Å². The normalized spacial score (nSPS) is 44.0. The molecule has 3 rings (SSSR count). The molecule has 3 aliphatic rings. The third kappa shape index (κ3) is 2.36. The molecule has 1 aliphatic heterocycles. The third-order valence-electron chi connectivity index (χ3n) is 7.09. The van der Waals surface area contributed by atoms with Crippen molar-refractivity contribution in [1.29, 1.82) is 0 Å². The SMILES string of the molecule is COC(=O)[C@@]12O[C@@H]1C[C@H]1C(C)(C)CCC[C@]1(C)[C@H]2CCC(C)=O. The van der Waals surface area contributed by atoms with E-state index in [4.69, 9.17) is 9.47 Å². The Morgan fingerprint density at radius 2 is 1.91 bits per heavy atom. The fourth-order valence-corrected chi connectivity index (χ4v) is 5.98. The second kappa shape index (κ2) is 5.30. The van der Waals surface area contributed by atoms with Crippen molar-refractivity contribution in [3.8, 4) is 0 Å². The van der Waals surface area contributed by atoms with Gasteiger partial charge in [0.15, 0.2) is 5.60 Å². The summed E-state index contributed by atoms with van der Waals surface area (Å²) in [5.41, 5.74) is -0.489. The lowest BCUT2D eigenvalue weighted by atomic mass is 9.46. The molecule has 2 aliphatic carbocycles. The van der Waals surface area contributed by atoms with Crippen LogP contribution in [0.25, 0.3) is 0 Å². The highest BCUT2D eigenvalue weighted by atomic mass is 16.7. The number of carbonyl (C=O) groups excluding carboxylic acids is 2. The fraction of sp³-hybridized carbons (Fsp3) is 0.895. The number of epoxide rings is 1. The molecule has 2 saturated carbocycles. The number of ketones is 1. The molecule has 0 amide bonds. The van der Waals surface area contributed by atoms with E-state index in [2.05, 4.69) is 20.8 Å². The molecule has 1 heterocycles. The molecule has 1 saturated heterocycles. The summed E-state index contributed by atoms with van der Waals surface area (Å²) >= 11 is 0. The standard InChI is InChI=1S/C19H30O4/c1-12(20)7-8-13-18(4)10-6-9-17(2,3)14(18)11-15-19(13,23-15)16(21)22-5/h13-15H,6-11H2,1-5H3/t13-,14+,15-,18-,19+/m1/s1. The van der Waals surface area contributed by atoms with Gasteiger partial charge in [0.1, 0.15) is 5.78 Å². The van der Waals surface area contributed by atoms with Crippen LogP contribution >= 0.6 is 0 Å². The first kappa shape index (κ1) is 16.9. The molecule has 0 aromatic carbocycles. The first-order chi connectivity index (χ1) is 10.7. The largest absolute Gasteiger partial charge is 0.467 e. The lowest BCUT2D eigenvalue weighted by Gasteiger charge is -2.57. The first-order valence-corrected chi connectivity index (χ1v) is 8.94. The zero-order chi connectivity index (χ0) is 17.0. The molecule has 0 aromatic heterocycles. The molecule has 23 heavy (non-hydrogen) atoms. The zero-order valence-corrected chi connectivity index (χ0v) is 15.1. The second-order valence-corrected chi connectivity index (χ2v) is 8.82. The molecule has 5 atom stereocenters. The lowest BCUT2D eigenvalue weighted by Crippen LogP contribution is -2.57. The van der Waals surface area contributed by atoms with E-state index in [1.54, 1.807) is 6.92 Å². The van der Waals surface area contributed by atoms with Crippen LogP contribution in [0.2, 0.25) is 0 Å². The van der Waals surface area contributed by atoms with Crippen molar-refractivity contribution in [2.45, 2.75) is 77.9 Å². The van der Waals surface area contributed by atoms with E-state index in [-0.39, 0.29) is 34.6 Å². The average Bonchev–Trinajstić information content (AvgIpc) is 3.18. The summed E-state index contributed by atoms with van der Waals surface area (Å²) < 4.78 is 11.1. The van der Waals surface area contributed by atoms with Crippen molar-refractivity contribution < 1.29 is 19.1 Å². The van der Waals surface area contributed by atoms with Crippen LogP contribution in [-0.4, -0.2) is 30.6 Å². The van der Waals surface area contributed by atoms with E-state index in [0.717, 1.165) is 19.3 Å². The zero-order valence-electron chi connectivity index (χ0n) is 15.1. The maximum atomic E-state index is 12.5. The smallest absolute Gasteiger partial charge is 0.341 e. The Morgan fingerprint density at radius 1 is 1.22 bits per heavy atom. The molecular weight excluding hydrogens is 292 g/mol. The predicted molar refractivity (Wildman–Crippen MR) is 86.9 cm³/mol. The summed E-state index contributed by atoms with van der Waals surface area (Å²) in [5, 5.41) is 0. The quantitative estimate of drug-likeness (QED) is 0.587. The van der Waals surface area contributed by atoms with Gasteiger partial charge < -0.3 is 14.3 Å². The minimum Gasteiger partial charge on any atom is -0.467 e. The van der Waals surface area contributed by atoms with Crippen LogP contribution in [0.1, 0.15) is 66.2 Å². The number of carbonyl (C=O) groups is 2. The van der Waals surface area contributed by atoms with E-state index in [9.17, 15) is 9.59 Å². The number of hydrogen-bond acceptors (Lipinski definition) is 4. The van der Waals surface area contributed by atoms with Gasteiger partial charge in [-0.05, 0) is 49.4 Å². The number of esters is 1. The first-order valence-electron chi connectivity index (χ1n) is 8.94. The van der Waals surface area contributed by atoms with Crippen LogP contribution in [0, 0.1) is 22.7 Å². The van der Waals surface area contributed by atoms with Gasteiger partial charge in [0, 0.05) is 12.3 Å². The Kier molecular flexibility index (Phi) is 3.90. The number of methoxy groups -OCH3 is 1. The van der Waals surface area contributed by atoms with Crippen molar-refractivity contribution in [2.75, 3.05) is 7.11 Å². The van der Waals surface area contributed by atoms with Gasteiger partial charge in [-0.2, -0.15) is 0 Å². The molecule has 0 aromatic rings. The monoisotopic (exact) mass is 322 g/mol. The molecule has 0 N–H and O–H groups in total. The summed E-state index contributed by atoms with van der Waals surface area (Å²) in [7, 11) is 1.44. The highest BCUT2D eigenvalue weighted by Crippen LogP contribution is 2.69. The molecule has 0 unspecified atom stereocenters. The number of fused-ring (bicyclic) bond motifs is 2. The highest BCUT2D eigenvalue weighted by molar-refractivity contribution is 5.84. The van der Waals surface area contributed by atoms with Gasteiger partial charge in [0.25, 0.3) is 0 Å². The minimum absolute atomic E-state index is 0.0256. The number of rotatable bonds is 4. The summed E-state index contributed by atoms with van der Waals surface area (Å²) in [4.78, 5) is 24.1. The Morgan fingerprint density at radius 3 is 2.52 bits per heavy atom. The molecule has 0 radical (unpaired) electrons. The van der Waals surface area contributed by atoms with Crippen LogP contribution in [0.3, 0.4) is 0 Å². The van der Waals surface area contributed by atoms with Crippen molar-refractivity contribution in [2.24, 2.45) is 22.7 Å². The molecule has 0 bridgehead atoms. The van der Waals surface area contributed by atoms with Crippen molar-refractivity contribution in [3.63, 3.8) is 0 Å². The van der Waals surface area contributed by atoms with Crippen molar-refractivity contribution in [3.05, 3.63) is 0 Å². The summed E-state index contributed by atoms with van der Waals surface area (Å²) in [5.74, 6) is 0.558. The molecule has 0 spiro atoms. The van der Waals surface area contributed by atoms with Crippen LogP contribution in [0.4, 0.5) is 0 Å². The summed E-state index contributed by atoms with van der Waals surface area (Å²) in [6.07, 6.45) is 5.67. The molecule has 4 heteroatoms. The van der Waals surface area contributed by atoms with Crippen molar-refractivity contribution in [1.82, 2.24) is 0 Å². The highest BCUT2D eigenvalue weighted by Gasteiger charge is 2.76. The van der Waals surface area contributed by atoms with E-state index in [1.165, 1.54) is 20.0 Å². The van der Waals surface area contributed by atoms with Gasteiger partial charge in [-0.3, -0.25) is 0 Å². The Balaban J connectivity index is 1.99. The van der Waals surface area contributed by atoms with Gasteiger partial charge in [-0.15, -0.1) is 0 Å². The lowest BCUT2D eigenvalue weighted by molar-refractivity contribution is -0.159. The molecule has 130 valence electrons. The van der Waals surface area contributed by atoms with Gasteiger partial charge in [-0.1, -0.05) is 27.2 Å². The van der Waals surface area contributed by atoms with E-state index >= 15 is 0 Å². The molecular formula is C19H30O4. The summed E-state index contributed by atoms with van der Waals surface area (Å²) in [6.45, 7) is 8.66. The second-order valence-electron chi connectivity index (χ2n) is 8.82. The van der Waals surface area contributed by atoms with Crippen LogP contribution in [0.5, 0.6) is 0 Å². The van der Waals surface area contributed by atoms with Gasteiger partial charge in [-0.25, -0.2) is 4.79 Å². The fourth-order valence-electron chi connectivity index (χ4n) is 5.98. The van der Waals surface area contributed by atoms with E-state index in [1.807, 2.05) is 0 Å². The van der Waals surface area contributed by atoms with Crippen molar-refractivity contribution >= 4 is 11.8 Å². The molecule has 4 nitrogen and oxygen atoms in total.